The summed E-state index contributed by atoms with van der Waals surface area (Å²) in [6.45, 7) is 6.04. The fourth-order valence-corrected chi connectivity index (χ4v) is 2.10. The lowest BCUT2D eigenvalue weighted by atomic mass is 9.96. The van der Waals surface area contributed by atoms with Gasteiger partial charge < -0.3 is 4.74 Å². The Balaban J connectivity index is 2.08. The molecule has 0 amide bonds. The second-order valence-electron chi connectivity index (χ2n) is 4.30. The lowest BCUT2D eigenvalue weighted by Gasteiger charge is -2.30. The molecule has 1 nitrogen and oxygen atoms in total. The van der Waals surface area contributed by atoms with Crippen LogP contribution in [0.2, 0.25) is 0 Å². The van der Waals surface area contributed by atoms with Crippen LogP contribution in [-0.2, 0) is 4.74 Å². The zero-order chi connectivity index (χ0) is 10.7. The van der Waals surface area contributed by atoms with Gasteiger partial charge in [0.1, 0.15) is 0 Å². The van der Waals surface area contributed by atoms with Crippen molar-refractivity contribution in [1.29, 1.82) is 0 Å². The predicted molar refractivity (Wildman–Crippen MR) is 62.7 cm³/mol. The SMILES string of the molecule is C=C(C)[C@@H]1CCC[C@H](c2ccccc2)O1. The van der Waals surface area contributed by atoms with Crippen molar-refractivity contribution in [3.63, 3.8) is 0 Å². The molecule has 0 N–H and O–H groups in total. The zero-order valence-electron chi connectivity index (χ0n) is 9.28. The normalized spacial score (nSPS) is 26.2. The van der Waals surface area contributed by atoms with Crippen LogP contribution in [0.1, 0.15) is 37.9 Å². The van der Waals surface area contributed by atoms with Crippen molar-refractivity contribution >= 4 is 0 Å². The highest BCUT2D eigenvalue weighted by Crippen LogP contribution is 2.32. The van der Waals surface area contributed by atoms with E-state index in [4.69, 9.17) is 4.74 Å². The van der Waals surface area contributed by atoms with Crippen molar-refractivity contribution in [3.8, 4) is 0 Å². The van der Waals surface area contributed by atoms with E-state index in [1.807, 2.05) is 6.07 Å². The average molecular weight is 202 g/mol. The quantitative estimate of drug-likeness (QED) is 0.661. The van der Waals surface area contributed by atoms with E-state index in [-0.39, 0.29) is 12.2 Å². The molecule has 1 heterocycles. The summed E-state index contributed by atoms with van der Waals surface area (Å²) >= 11 is 0. The second kappa shape index (κ2) is 4.63. The van der Waals surface area contributed by atoms with E-state index >= 15 is 0 Å². The van der Waals surface area contributed by atoms with Crippen LogP contribution in [0, 0.1) is 0 Å². The van der Waals surface area contributed by atoms with Gasteiger partial charge in [-0.25, -0.2) is 0 Å². The minimum absolute atomic E-state index is 0.254. The minimum atomic E-state index is 0.254. The van der Waals surface area contributed by atoms with Gasteiger partial charge in [-0.15, -0.1) is 0 Å². The third-order valence-electron chi connectivity index (χ3n) is 2.98. The molecule has 1 aliphatic rings. The highest BCUT2D eigenvalue weighted by Gasteiger charge is 2.23. The van der Waals surface area contributed by atoms with Gasteiger partial charge in [0.25, 0.3) is 0 Å². The van der Waals surface area contributed by atoms with E-state index < -0.39 is 0 Å². The second-order valence-corrected chi connectivity index (χ2v) is 4.30. The van der Waals surface area contributed by atoms with E-state index in [1.165, 1.54) is 12.0 Å². The van der Waals surface area contributed by atoms with Gasteiger partial charge in [-0.05, 0) is 31.7 Å². The van der Waals surface area contributed by atoms with E-state index in [1.54, 1.807) is 0 Å². The molecular weight excluding hydrogens is 184 g/mol. The Bertz CT molecular complexity index is 328. The molecule has 0 radical (unpaired) electrons. The molecule has 1 saturated heterocycles. The summed E-state index contributed by atoms with van der Waals surface area (Å²) in [4.78, 5) is 0. The van der Waals surface area contributed by atoms with Crippen molar-refractivity contribution in [2.24, 2.45) is 0 Å². The number of benzene rings is 1. The molecule has 0 unspecified atom stereocenters. The minimum Gasteiger partial charge on any atom is -0.366 e. The summed E-state index contributed by atoms with van der Waals surface area (Å²) < 4.78 is 6.03. The van der Waals surface area contributed by atoms with Crippen LogP contribution in [0.3, 0.4) is 0 Å². The van der Waals surface area contributed by atoms with Crippen LogP contribution in [0.5, 0.6) is 0 Å². The van der Waals surface area contributed by atoms with Gasteiger partial charge in [-0.1, -0.05) is 42.5 Å². The average Bonchev–Trinajstić information content (AvgIpc) is 2.30. The summed E-state index contributed by atoms with van der Waals surface area (Å²) in [5, 5.41) is 0. The molecule has 1 heteroatoms. The number of hydrogen-bond acceptors (Lipinski definition) is 1. The molecule has 2 atom stereocenters. The first-order chi connectivity index (χ1) is 7.27. The first kappa shape index (κ1) is 10.4. The van der Waals surface area contributed by atoms with Crippen molar-refractivity contribution in [2.75, 3.05) is 0 Å². The number of ether oxygens (including phenoxy) is 1. The van der Waals surface area contributed by atoms with Crippen LogP contribution >= 0.6 is 0 Å². The van der Waals surface area contributed by atoms with Gasteiger partial charge in [0.05, 0.1) is 12.2 Å². The monoisotopic (exact) mass is 202 g/mol. The van der Waals surface area contributed by atoms with E-state index in [2.05, 4.69) is 37.8 Å². The molecule has 1 aromatic carbocycles. The zero-order valence-corrected chi connectivity index (χ0v) is 9.28. The summed E-state index contributed by atoms with van der Waals surface area (Å²) in [7, 11) is 0. The van der Waals surface area contributed by atoms with E-state index in [9.17, 15) is 0 Å². The Morgan fingerprint density at radius 2 is 2.00 bits per heavy atom. The van der Waals surface area contributed by atoms with Gasteiger partial charge in [-0.3, -0.25) is 0 Å². The maximum atomic E-state index is 6.03. The summed E-state index contributed by atoms with van der Waals surface area (Å²) in [6, 6.07) is 10.5. The van der Waals surface area contributed by atoms with Crippen molar-refractivity contribution in [1.82, 2.24) is 0 Å². The largest absolute Gasteiger partial charge is 0.366 e. The Morgan fingerprint density at radius 1 is 1.27 bits per heavy atom. The molecule has 0 aliphatic carbocycles. The molecule has 15 heavy (non-hydrogen) atoms. The molecule has 0 saturated carbocycles. The van der Waals surface area contributed by atoms with Crippen molar-refractivity contribution < 1.29 is 4.74 Å². The third kappa shape index (κ3) is 2.48. The molecule has 80 valence electrons. The highest BCUT2D eigenvalue weighted by atomic mass is 16.5. The summed E-state index contributed by atoms with van der Waals surface area (Å²) in [6.07, 6.45) is 4.01. The first-order valence-corrected chi connectivity index (χ1v) is 5.63. The first-order valence-electron chi connectivity index (χ1n) is 5.63. The highest BCUT2D eigenvalue weighted by molar-refractivity contribution is 5.18. The lowest BCUT2D eigenvalue weighted by molar-refractivity contribution is -0.0321. The topological polar surface area (TPSA) is 9.23 Å². The van der Waals surface area contributed by atoms with Gasteiger partial charge in [-0.2, -0.15) is 0 Å². The summed E-state index contributed by atoms with van der Waals surface area (Å²) in [5.74, 6) is 0. The van der Waals surface area contributed by atoms with E-state index in [0.29, 0.717) is 0 Å². The molecule has 0 bridgehead atoms. The van der Waals surface area contributed by atoms with Gasteiger partial charge >= 0.3 is 0 Å². The molecule has 1 aliphatic heterocycles. The maximum absolute atomic E-state index is 6.03. The van der Waals surface area contributed by atoms with Gasteiger partial charge in [0, 0.05) is 0 Å². The fourth-order valence-electron chi connectivity index (χ4n) is 2.10. The van der Waals surface area contributed by atoms with Crippen LogP contribution < -0.4 is 0 Å². The smallest absolute Gasteiger partial charge is 0.0833 e. The maximum Gasteiger partial charge on any atom is 0.0833 e. The van der Waals surface area contributed by atoms with Crippen LogP contribution in [0.25, 0.3) is 0 Å². The molecule has 1 aromatic rings. The Kier molecular flexibility index (Phi) is 3.22. The summed E-state index contributed by atoms with van der Waals surface area (Å²) in [5.41, 5.74) is 2.44. The Morgan fingerprint density at radius 3 is 2.67 bits per heavy atom. The standard InChI is InChI=1S/C14H18O/c1-11(2)13-9-6-10-14(15-13)12-7-4-3-5-8-12/h3-5,7-8,13-14H,1,6,9-10H2,2H3/t13-,14+/m0/s1. The molecular formula is C14H18O. The lowest BCUT2D eigenvalue weighted by Crippen LogP contribution is -2.22. The van der Waals surface area contributed by atoms with Crippen LogP contribution in [-0.4, -0.2) is 6.10 Å². The van der Waals surface area contributed by atoms with Crippen molar-refractivity contribution in [2.45, 2.75) is 38.4 Å². The predicted octanol–water partition coefficient (Wildman–Crippen LogP) is 3.87. The Hall–Kier alpha value is -1.08. The van der Waals surface area contributed by atoms with Crippen LogP contribution in [0.4, 0.5) is 0 Å². The van der Waals surface area contributed by atoms with Crippen molar-refractivity contribution in [3.05, 3.63) is 48.0 Å². The molecule has 0 spiro atoms. The fraction of sp³-hybridized carbons (Fsp3) is 0.429. The Labute approximate surface area is 91.8 Å². The molecule has 1 fully saturated rings. The van der Waals surface area contributed by atoms with E-state index in [0.717, 1.165) is 18.4 Å². The third-order valence-corrected chi connectivity index (χ3v) is 2.98. The van der Waals surface area contributed by atoms with Gasteiger partial charge in [0.2, 0.25) is 0 Å². The molecule has 0 aromatic heterocycles. The van der Waals surface area contributed by atoms with Gasteiger partial charge in [0.15, 0.2) is 0 Å². The number of hydrogen-bond donors (Lipinski definition) is 0. The molecule has 2 rings (SSSR count). The van der Waals surface area contributed by atoms with Crippen LogP contribution in [0.15, 0.2) is 42.5 Å². The number of rotatable bonds is 2.